The van der Waals surface area contributed by atoms with Crippen molar-refractivity contribution >= 4 is 15.5 Å². The second-order valence-electron chi connectivity index (χ2n) is 4.40. The Hall–Kier alpha value is -1.95. The Morgan fingerprint density at radius 2 is 2.00 bits per heavy atom. The molecular formula is C14H17N3O2S. The molecule has 1 unspecified atom stereocenters. The quantitative estimate of drug-likeness (QED) is 0.916. The molecule has 0 amide bonds. The maximum Gasteiger partial charge on any atom is 0.180 e. The molecule has 0 radical (unpaired) electrons. The molecular weight excluding hydrogens is 274 g/mol. The van der Waals surface area contributed by atoms with Crippen LogP contribution in [0.25, 0.3) is 0 Å². The van der Waals surface area contributed by atoms with Crippen LogP contribution >= 0.6 is 0 Å². The van der Waals surface area contributed by atoms with Crippen molar-refractivity contribution in [2.24, 2.45) is 0 Å². The molecule has 2 aromatic rings. The van der Waals surface area contributed by atoms with Gasteiger partial charge in [0, 0.05) is 12.4 Å². The number of anilines is 1. The molecule has 0 spiro atoms. The van der Waals surface area contributed by atoms with Gasteiger partial charge in [-0.3, -0.25) is 9.97 Å². The normalized spacial score (nSPS) is 12.9. The zero-order valence-electron chi connectivity index (χ0n) is 11.4. The number of aromatic nitrogens is 2. The van der Waals surface area contributed by atoms with Crippen molar-refractivity contribution in [3.8, 4) is 0 Å². The zero-order valence-corrected chi connectivity index (χ0v) is 12.3. The van der Waals surface area contributed by atoms with Crippen molar-refractivity contribution in [2.45, 2.75) is 24.8 Å². The highest BCUT2D eigenvalue weighted by molar-refractivity contribution is 7.91. The molecule has 0 aliphatic heterocycles. The molecule has 0 aliphatic carbocycles. The van der Waals surface area contributed by atoms with Gasteiger partial charge in [-0.15, -0.1) is 0 Å². The van der Waals surface area contributed by atoms with E-state index >= 15 is 0 Å². The Labute approximate surface area is 119 Å². The number of para-hydroxylation sites is 1. The molecule has 0 saturated carbocycles. The topological polar surface area (TPSA) is 72.0 Å². The lowest BCUT2D eigenvalue weighted by atomic mass is 10.2. The van der Waals surface area contributed by atoms with Gasteiger partial charge < -0.3 is 5.32 Å². The summed E-state index contributed by atoms with van der Waals surface area (Å²) in [5.74, 6) is 0.0746. The van der Waals surface area contributed by atoms with E-state index in [-0.39, 0.29) is 11.8 Å². The highest BCUT2D eigenvalue weighted by Crippen LogP contribution is 2.25. The molecule has 1 N–H and O–H groups in total. The third kappa shape index (κ3) is 3.14. The van der Waals surface area contributed by atoms with Gasteiger partial charge in [0.05, 0.1) is 34.3 Å². The van der Waals surface area contributed by atoms with Gasteiger partial charge in [-0.05, 0) is 19.1 Å². The third-order valence-electron chi connectivity index (χ3n) is 3.00. The van der Waals surface area contributed by atoms with E-state index in [1.807, 2.05) is 6.92 Å². The van der Waals surface area contributed by atoms with Gasteiger partial charge >= 0.3 is 0 Å². The Kier molecular flexibility index (Phi) is 4.34. The highest BCUT2D eigenvalue weighted by atomic mass is 32.2. The lowest BCUT2D eigenvalue weighted by Crippen LogP contribution is -2.13. The second-order valence-corrected chi connectivity index (χ2v) is 6.64. The van der Waals surface area contributed by atoms with E-state index < -0.39 is 9.84 Å². The van der Waals surface area contributed by atoms with Crippen LogP contribution in [0.2, 0.25) is 0 Å². The fraction of sp³-hybridized carbons (Fsp3) is 0.286. The molecule has 0 saturated heterocycles. The van der Waals surface area contributed by atoms with Crippen molar-refractivity contribution in [3.63, 3.8) is 0 Å². The Morgan fingerprint density at radius 3 is 2.65 bits per heavy atom. The number of benzene rings is 1. The van der Waals surface area contributed by atoms with E-state index in [1.54, 1.807) is 49.8 Å². The molecule has 0 fully saturated rings. The molecule has 1 heterocycles. The SMILES string of the molecule is CCS(=O)(=O)c1ccccc1NC(C)c1cnccn1. The maximum atomic E-state index is 12.1. The zero-order chi connectivity index (χ0) is 14.6. The van der Waals surface area contributed by atoms with Crippen molar-refractivity contribution in [3.05, 3.63) is 48.5 Å². The molecule has 2 rings (SSSR count). The van der Waals surface area contributed by atoms with Crippen LogP contribution in [0.1, 0.15) is 25.6 Å². The fourth-order valence-electron chi connectivity index (χ4n) is 1.85. The van der Waals surface area contributed by atoms with E-state index in [4.69, 9.17) is 0 Å². The average Bonchev–Trinajstić information content (AvgIpc) is 2.48. The minimum absolute atomic E-state index is 0.0746. The van der Waals surface area contributed by atoms with Gasteiger partial charge in [0.15, 0.2) is 9.84 Å². The first-order valence-electron chi connectivity index (χ1n) is 6.39. The van der Waals surface area contributed by atoms with Crippen LogP contribution in [-0.4, -0.2) is 24.1 Å². The summed E-state index contributed by atoms with van der Waals surface area (Å²) >= 11 is 0. The molecule has 0 aliphatic rings. The van der Waals surface area contributed by atoms with Gasteiger partial charge in [0.2, 0.25) is 0 Å². The first kappa shape index (κ1) is 14.5. The van der Waals surface area contributed by atoms with E-state index in [2.05, 4.69) is 15.3 Å². The van der Waals surface area contributed by atoms with E-state index in [1.165, 1.54) is 0 Å². The number of rotatable bonds is 5. The number of sulfone groups is 1. The van der Waals surface area contributed by atoms with Crippen molar-refractivity contribution in [1.29, 1.82) is 0 Å². The summed E-state index contributed by atoms with van der Waals surface area (Å²) in [4.78, 5) is 8.54. The Bertz CT molecular complexity index is 672. The van der Waals surface area contributed by atoms with Gasteiger partial charge in [0.1, 0.15) is 0 Å². The van der Waals surface area contributed by atoms with E-state index in [9.17, 15) is 8.42 Å². The maximum absolute atomic E-state index is 12.1. The molecule has 20 heavy (non-hydrogen) atoms. The predicted octanol–water partition coefficient (Wildman–Crippen LogP) is 2.44. The van der Waals surface area contributed by atoms with Crippen LogP contribution in [0, 0.1) is 0 Å². The molecule has 106 valence electrons. The van der Waals surface area contributed by atoms with E-state index in [0.717, 1.165) is 5.69 Å². The van der Waals surface area contributed by atoms with E-state index in [0.29, 0.717) is 10.6 Å². The second kappa shape index (κ2) is 6.00. The first-order chi connectivity index (χ1) is 9.54. The van der Waals surface area contributed by atoms with Crippen LogP contribution < -0.4 is 5.32 Å². The Morgan fingerprint density at radius 1 is 1.25 bits per heavy atom. The van der Waals surface area contributed by atoms with Gasteiger partial charge in [-0.25, -0.2) is 8.42 Å². The average molecular weight is 291 g/mol. The third-order valence-corrected chi connectivity index (χ3v) is 4.79. The standard InChI is InChI=1S/C14H17N3O2S/c1-3-20(18,19)14-7-5-4-6-12(14)17-11(2)13-10-15-8-9-16-13/h4-11,17H,3H2,1-2H3. The van der Waals surface area contributed by atoms with Gasteiger partial charge in [0.25, 0.3) is 0 Å². The lowest BCUT2D eigenvalue weighted by molar-refractivity contribution is 0.597. The monoisotopic (exact) mass is 291 g/mol. The minimum Gasteiger partial charge on any atom is -0.376 e. The number of hydrogen-bond acceptors (Lipinski definition) is 5. The largest absolute Gasteiger partial charge is 0.376 e. The van der Waals surface area contributed by atoms with Crippen molar-refractivity contribution < 1.29 is 8.42 Å². The number of hydrogen-bond donors (Lipinski definition) is 1. The van der Waals surface area contributed by atoms with Crippen molar-refractivity contribution in [1.82, 2.24) is 9.97 Å². The van der Waals surface area contributed by atoms with Gasteiger partial charge in [-0.1, -0.05) is 19.1 Å². The molecule has 1 aromatic carbocycles. The molecule has 5 nitrogen and oxygen atoms in total. The van der Waals surface area contributed by atoms with Crippen LogP contribution in [0.5, 0.6) is 0 Å². The fourth-order valence-corrected chi connectivity index (χ4v) is 2.91. The summed E-state index contributed by atoms with van der Waals surface area (Å²) in [7, 11) is -3.26. The van der Waals surface area contributed by atoms with Crippen LogP contribution in [0.3, 0.4) is 0 Å². The summed E-state index contributed by atoms with van der Waals surface area (Å²) in [6.07, 6.45) is 4.88. The summed E-state index contributed by atoms with van der Waals surface area (Å²) in [5.41, 5.74) is 1.35. The number of nitrogens with one attached hydrogen (secondary N) is 1. The highest BCUT2D eigenvalue weighted by Gasteiger charge is 2.17. The minimum atomic E-state index is -3.26. The summed E-state index contributed by atoms with van der Waals surface area (Å²) in [6, 6.07) is 6.78. The molecule has 0 bridgehead atoms. The smallest absolute Gasteiger partial charge is 0.180 e. The molecule has 1 atom stereocenters. The van der Waals surface area contributed by atoms with Gasteiger partial charge in [-0.2, -0.15) is 0 Å². The lowest BCUT2D eigenvalue weighted by Gasteiger charge is -2.17. The number of nitrogens with zero attached hydrogens (tertiary/aromatic N) is 2. The molecule has 6 heteroatoms. The predicted molar refractivity (Wildman–Crippen MR) is 78.2 cm³/mol. The summed E-state index contributed by atoms with van der Waals surface area (Å²) in [6.45, 7) is 3.55. The molecule has 1 aromatic heterocycles. The van der Waals surface area contributed by atoms with Crippen LogP contribution in [0.15, 0.2) is 47.8 Å². The first-order valence-corrected chi connectivity index (χ1v) is 8.04. The summed E-state index contributed by atoms with van der Waals surface area (Å²) < 4.78 is 24.1. The Balaban J connectivity index is 2.31. The summed E-state index contributed by atoms with van der Waals surface area (Å²) in [5, 5.41) is 3.19. The van der Waals surface area contributed by atoms with Crippen LogP contribution in [-0.2, 0) is 9.84 Å². The van der Waals surface area contributed by atoms with Crippen LogP contribution in [0.4, 0.5) is 5.69 Å². The van der Waals surface area contributed by atoms with Crippen molar-refractivity contribution in [2.75, 3.05) is 11.1 Å².